The number of pyridine rings is 1. The van der Waals surface area contributed by atoms with Crippen molar-refractivity contribution in [2.75, 3.05) is 23.3 Å². The first-order chi connectivity index (χ1) is 14.2. The topological polar surface area (TPSA) is 97.3 Å². The Morgan fingerprint density at radius 1 is 1.14 bits per heavy atom. The summed E-state index contributed by atoms with van der Waals surface area (Å²) in [6.45, 7) is 4.05. The number of thiazole rings is 1. The standard InChI is InChI=1S/C20H22N8S/c1-13-8-14(21)12-27(11-13)18-4-5-22-10-17(18)25-20-24-9-15-2-3-16(26-28(15)20)19-23-6-7-29-19/h2-7,9-10,13-14H,8,11-12,21H2,1H3,(H,24,25). The van der Waals surface area contributed by atoms with Gasteiger partial charge in [-0.2, -0.15) is 9.61 Å². The molecule has 2 unspecified atom stereocenters. The molecule has 0 aliphatic carbocycles. The molecule has 1 saturated heterocycles. The molecule has 2 atom stereocenters. The zero-order valence-electron chi connectivity index (χ0n) is 16.1. The van der Waals surface area contributed by atoms with Gasteiger partial charge in [0, 0.05) is 36.9 Å². The average Bonchev–Trinajstić information content (AvgIpc) is 3.38. The van der Waals surface area contributed by atoms with Gasteiger partial charge in [-0.1, -0.05) is 6.92 Å². The van der Waals surface area contributed by atoms with E-state index in [-0.39, 0.29) is 6.04 Å². The Balaban J connectivity index is 1.49. The van der Waals surface area contributed by atoms with Crippen molar-refractivity contribution in [3.05, 3.63) is 48.4 Å². The van der Waals surface area contributed by atoms with Gasteiger partial charge in [0.25, 0.3) is 0 Å². The fraction of sp³-hybridized carbons (Fsp3) is 0.300. The normalized spacial score (nSPS) is 19.6. The Morgan fingerprint density at radius 3 is 2.90 bits per heavy atom. The monoisotopic (exact) mass is 406 g/mol. The van der Waals surface area contributed by atoms with E-state index in [1.165, 1.54) is 0 Å². The lowest BCUT2D eigenvalue weighted by Gasteiger charge is -2.37. The molecule has 0 amide bonds. The number of rotatable bonds is 4. The van der Waals surface area contributed by atoms with Crippen molar-refractivity contribution in [1.29, 1.82) is 0 Å². The molecule has 1 aliphatic heterocycles. The van der Waals surface area contributed by atoms with Crippen LogP contribution in [-0.2, 0) is 0 Å². The molecule has 5 rings (SSSR count). The Bertz CT molecular complexity index is 1110. The molecule has 0 radical (unpaired) electrons. The molecule has 1 aliphatic rings. The number of hydrogen-bond acceptors (Lipinski definition) is 8. The molecule has 4 aromatic heterocycles. The van der Waals surface area contributed by atoms with Gasteiger partial charge in [0.15, 0.2) is 0 Å². The summed E-state index contributed by atoms with van der Waals surface area (Å²) in [4.78, 5) is 15.5. The number of anilines is 3. The van der Waals surface area contributed by atoms with E-state index >= 15 is 0 Å². The van der Waals surface area contributed by atoms with Crippen LogP contribution in [0.25, 0.3) is 16.2 Å². The summed E-state index contributed by atoms with van der Waals surface area (Å²) in [6, 6.07) is 6.16. The summed E-state index contributed by atoms with van der Waals surface area (Å²) in [5.41, 5.74) is 9.96. The largest absolute Gasteiger partial charge is 0.368 e. The second kappa shape index (κ2) is 7.41. The van der Waals surface area contributed by atoms with Crippen LogP contribution in [0.5, 0.6) is 0 Å². The van der Waals surface area contributed by atoms with Gasteiger partial charge in [-0.05, 0) is 30.5 Å². The van der Waals surface area contributed by atoms with Gasteiger partial charge in [-0.25, -0.2) is 9.97 Å². The molecule has 0 aromatic carbocycles. The smallest absolute Gasteiger partial charge is 0.229 e. The third-order valence-corrected chi connectivity index (χ3v) is 5.91. The minimum absolute atomic E-state index is 0.176. The van der Waals surface area contributed by atoms with Gasteiger partial charge in [-0.15, -0.1) is 11.3 Å². The maximum absolute atomic E-state index is 6.27. The van der Waals surface area contributed by atoms with Gasteiger partial charge in [-0.3, -0.25) is 4.98 Å². The molecule has 0 spiro atoms. The lowest BCUT2D eigenvalue weighted by molar-refractivity contribution is 0.402. The maximum atomic E-state index is 6.27. The number of piperidine rings is 1. The number of hydrogen-bond donors (Lipinski definition) is 2. The van der Waals surface area contributed by atoms with Crippen LogP contribution in [0, 0.1) is 5.92 Å². The first-order valence-corrected chi connectivity index (χ1v) is 10.5. The molecule has 1 fully saturated rings. The van der Waals surface area contributed by atoms with Crippen molar-refractivity contribution >= 4 is 34.2 Å². The first-order valence-electron chi connectivity index (χ1n) is 9.63. The Labute approximate surface area is 172 Å². The van der Waals surface area contributed by atoms with E-state index in [4.69, 9.17) is 10.8 Å². The predicted molar refractivity (Wildman–Crippen MR) is 116 cm³/mol. The fourth-order valence-electron chi connectivity index (χ4n) is 3.91. The molecule has 148 valence electrons. The number of nitrogens with zero attached hydrogens (tertiary/aromatic N) is 6. The minimum atomic E-state index is 0.176. The van der Waals surface area contributed by atoms with Crippen molar-refractivity contribution in [3.63, 3.8) is 0 Å². The van der Waals surface area contributed by atoms with E-state index in [1.54, 1.807) is 28.2 Å². The highest BCUT2D eigenvalue weighted by Gasteiger charge is 2.24. The van der Waals surface area contributed by atoms with Crippen molar-refractivity contribution in [1.82, 2.24) is 24.6 Å². The molecule has 0 bridgehead atoms. The quantitative estimate of drug-likeness (QED) is 0.537. The second-order valence-electron chi connectivity index (χ2n) is 7.50. The van der Waals surface area contributed by atoms with Gasteiger partial charge in [0.1, 0.15) is 10.7 Å². The fourth-order valence-corrected chi connectivity index (χ4v) is 4.51. The van der Waals surface area contributed by atoms with Crippen molar-refractivity contribution in [2.45, 2.75) is 19.4 Å². The van der Waals surface area contributed by atoms with Crippen LogP contribution in [-0.4, -0.2) is 43.7 Å². The zero-order valence-corrected chi connectivity index (χ0v) is 16.9. The third-order valence-electron chi connectivity index (χ3n) is 5.11. The predicted octanol–water partition coefficient (Wildman–Crippen LogP) is 3.16. The number of aromatic nitrogens is 5. The zero-order chi connectivity index (χ0) is 19.8. The summed E-state index contributed by atoms with van der Waals surface area (Å²) in [5, 5.41) is 11.0. The summed E-state index contributed by atoms with van der Waals surface area (Å²) in [6.07, 6.45) is 8.28. The molecule has 0 saturated carbocycles. The summed E-state index contributed by atoms with van der Waals surface area (Å²) in [7, 11) is 0. The van der Waals surface area contributed by atoms with E-state index in [2.05, 4.69) is 32.1 Å². The van der Waals surface area contributed by atoms with E-state index in [0.717, 1.165) is 47.1 Å². The second-order valence-corrected chi connectivity index (χ2v) is 8.39. The Morgan fingerprint density at radius 2 is 2.07 bits per heavy atom. The molecular formula is C20H22N8S. The molecule has 8 nitrogen and oxygen atoms in total. The number of fused-ring (bicyclic) bond motifs is 1. The van der Waals surface area contributed by atoms with E-state index in [9.17, 15) is 0 Å². The lowest BCUT2D eigenvalue weighted by Crippen LogP contribution is -2.46. The van der Waals surface area contributed by atoms with E-state index in [0.29, 0.717) is 11.9 Å². The SMILES string of the molecule is CC1CC(N)CN(c2ccncc2Nc2ncc3ccc(-c4nccs4)nn23)C1. The minimum Gasteiger partial charge on any atom is -0.368 e. The van der Waals surface area contributed by atoms with Crippen LogP contribution in [0.2, 0.25) is 0 Å². The first kappa shape index (κ1) is 18.0. The number of imidazole rings is 1. The van der Waals surface area contributed by atoms with Gasteiger partial charge >= 0.3 is 0 Å². The van der Waals surface area contributed by atoms with Crippen LogP contribution in [0.1, 0.15) is 13.3 Å². The summed E-state index contributed by atoms with van der Waals surface area (Å²) >= 11 is 1.56. The van der Waals surface area contributed by atoms with Crippen LogP contribution in [0.4, 0.5) is 17.3 Å². The molecule has 29 heavy (non-hydrogen) atoms. The maximum Gasteiger partial charge on any atom is 0.229 e. The van der Waals surface area contributed by atoms with Crippen LogP contribution < -0.4 is 16.0 Å². The van der Waals surface area contributed by atoms with Crippen molar-refractivity contribution in [2.24, 2.45) is 11.7 Å². The molecule has 4 aromatic rings. The summed E-state index contributed by atoms with van der Waals surface area (Å²) < 4.78 is 1.80. The lowest BCUT2D eigenvalue weighted by atomic mass is 9.96. The molecule has 3 N–H and O–H groups in total. The third kappa shape index (κ3) is 3.54. The Kier molecular flexibility index (Phi) is 4.61. The van der Waals surface area contributed by atoms with Gasteiger partial charge in [0.05, 0.1) is 29.3 Å². The van der Waals surface area contributed by atoms with Crippen LogP contribution in [0.15, 0.2) is 48.4 Å². The van der Waals surface area contributed by atoms with Crippen LogP contribution >= 0.6 is 11.3 Å². The molecule has 9 heteroatoms. The van der Waals surface area contributed by atoms with Gasteiger partial charge in [0.2, 0.25) is 5.95 Å². The highest BCUT2D eigenvalue weighted by molar-refractivity contribution is 7.13. The Hall–Kier alpha value is -3.04. The highest BCUT2D eigenvalue weighted by atomic mass is 32.1. The van der Waals surface area contributed by atoms with Crippen molar-refractivity contribution < 1.29 is 0 Å². The number of nitrogens with one attached hydrogen (secondary N) is 1. The highest BCUT2D eigenvalue weighted by Crippen LogP contribution is 2.31. The van der Waals surface area contributed by atoms with Crippen LogP contribution in [0.3, 0.4) is 0 Å². The average molecular weight is 407 g/mol. The van der Waals surface area contributed by atoms with Crippen molar-refractivity contribution in [3.8, 4) is 10.7 Å². The number of nitrogens with two attached hydrogens (primary N) is 1. The molecule has 5 heterocycles. The molecular weight excluding hydrogens is 384 g/mol. The van der Waals surface area contributed by atoms with E-state index < -0.39 is 0 Å². The van der Waals surface area contributed by atoms with E-state index in [1.807, 2.05) is 36.0 Å². The van der Waals surface area contributed by atoms with Gasteiger partial charge < -0.3 is 16.0 Å². The summed E-state index contributed by atoms with van der Waals surface area (Å²) in [5.74, 6) is 1.19.